The van der Waals surface area contributed by atoms with Crippen molar-refractivity contribution in [1.82, 2.24) is 20.0 Å². The lowest BCUT2D eigenvalue weighted by atomic mass is 10.0. The fraction of sp³-hybridized carbons (Fsp3) is 0.143. The molecule has 0 unspecified atom stereocenters. The molecule has 2 heterocycles. The van der Waals surface area contributed by atoms with Crippen LogP contribution in [0.5, 0.6) is 5.75 Å². The van der Waals surface area contributed by atoms with Gasteiger partial charge in [-0.15, -0.1) is 0 Å². The Morgan fingerprint density at radius 2 is 1.95 bits per heavy atom. The Kier molecular flexibility index (Phi) is 2.90. The molecule has 3 N–H and O–H groups in total. The van der Waals surface area contributed by atoms with Gasteiger partial charge in [-0.05, 0) is 17.7 Å². The van der Waals surface area contributed by atoms with Gasteiger partial charge in [0.1, 0.15) is 5.75 Å². The number of hydrogen-bond donors (Lipinski definition) is 2. The highest BCUT2D eigenvalue weighted by molar-refractivity contribution is 5.87. The molecule has 0 atom stereocenters. The molecule has 0 saturated heterocycles. The number of benzene rings is 1. The van der Waals surface area contributed by atoms with Gasteiger partial charge in [-0.2, -0.15) is 10.2 Å². The summed E-state index contributed by atoms with van der Waals surface area (Å²) in [6.45, 7) is 0. The van der Waals surface area contributed by atoms with Crippen LogP contribution in [-0.2, 0) is 7.05 Å². The monoisotopic (exact) mass is 269 g/mol. The van der Waals surface area contributed by atoms with Gasteiger partial charge in [-0.25, -0.2) is 0 Å². The maximum Gasteiger partial charge on any atom is 0.153 e. The van der Waals surface area contributed by atoms with E-state index in [1.807, 2.05) is 37.5 Å². The Morgan fingerprint density at radius 3 is 2.55 bits per heavy atom. The molecule has 0 bridgehead atoms. The molecule has 0 aliphatic carbocycles. The van der Waals surface area contributed by atoms with Crippen LogP contribution >= 0.6 is 0 Å². The first-order chi connectivity index (χ1) is 9.69. The van der Waals surface area contributed by atoms with Gasteiger partial charge < -0.3 is 10.5 Å². The minimum absolute atomic E-state index is 0.467. The molecule has 3 rings (SSSR count). The molecule has 0 amide bonds. The van der Waals surface area contributed by atoms with Crippen molar-refractivity contribution in [2.24, 2.45) is 7.05 Å². The standard InChI is InChI=1S/C14H15N5O/c1-19-8-10(7-16-19)13-12(14(15)18-17-13)9-3-5-11(20-2)6-4-9/h3-8H,1-2H3,(H3,15,17,18). The quantitative estimate of drug-likeness (QED) is 0.762. The van der Waals surface area contributed by atoms with Crippen LogP contribution in [0.3, 0.4) is 0 Å². The molecule has 0 spiro atoms. The van der Waals surface area contributed by atoms with Crippen LogP contribution in [0.15, 0.2) is 36.7 Å². The van der Waals surface area contributed by atoms with E-state index < -0.39 is 0 Å². The summed E-state index contributed by atoms with van der Waals surface area (Å²) in [5, 5.41) is 11.2. The molecule has 0 saturated carbocycles. The second kappa shape index (κ2) is 4.73. The molecule has 0 aliphatic rings. The number of ether oxygens (including phenoxy) is 1. The van der Waals surface area contributed by atoms with Crippen molar-refractivity contribution in [2.75, 3.05) is 12.8 Å². The highest BCUT2D eigenvalue weighted by Crippen LogP contribution is 2.35. The smallest absolute Gasteiger partial charge is 0.153 e. The summed E-state index contributed by atoms with van der Waals surface area (Å²) in [5.74, 6) is 1.27. The lowest BCUT2D eigenvalue weighted by Crippen LogP contribution is -1.89. The maximum atomic E-state index is 5.99. The predicted octanol–water partition coefficient (Wildman–Crippen LogP) is 2.07. The lowest BCUT2D eigenvalue weighted by Gasteiger charge is -2.04. The number of aromatic nitrogens is 4. The van der Waals surface area contributed by atoms with E-state index >= 15 is 0 Å². The Balaban J connectivity index is 2.10. The summed E-state index contributed by atoms with van der Waals surface area (Å²) in [6, 6.07) is 7.71. The van der Waals surface area contributed by atoms with E-state index in [1.165, 1.54) is 0 Å². The summed E-state index contributed by atoms with van der Waals surface area (Å²) in [6.07, 6.45) is 3.69. The number of methoxy groups -OCH3 is 1. The molecule has 6 heteroatoms. The van der Waals surface area contributed by atoms with Gasteiger partial charge in [0.25, 0.3) is 0 Å². The zero-order valence-electron chi connectivity index (χ0n) is 11.3. The SMILES string of the molecule is COc1ccc(-c2c(N)n[nH]c2-c2cnn(C)c2)cc1. The highest BCUT2D eigenvalue weighted by Gasteiger charge is 2.15. The molecule has 0 fully saturated rings. The zero-order valence-corrected chi connectivity index (χ0v) is 11.3. The molecule has 0 radical (unpaired) electrons. The van der Waals surface area contributed by atoms with E-state index in [4.69, 9.17) is 10.5 Å². The van der Waals surface area contributed by atoms with Crippen molar-refractivity contribution < 1.29 is 4.74 Å². The Labute approximate surface area is 116 Å². The Morgan fingerprint density at radius 1 is 1.20 bits per heavy atom. The maximum absolute atomic E-state index is 5.99. The van der Waals surface area contributed by atoms with Crippen LogP contribution in [0.2, 0.25) is 0 Å². The number of nitrogen functional groups attached to an aromatic ring is 1. The third-order valence-corrected chi connectivity index (χ3v) is 3.17. The van der Waals surface area contributed by atoms with E-state index in [-0.39, 0.29) is 0 Å². The Hall–Kier alpha value is -2.76. The summed E-state index contributed by atoms with van der Waals surface area (Å²) in [4.78, 5) is 0. The van der Waals surface area contributed by atoms with Crippen molar-refractivity contribution >= 4 is 5.82 Å². The van der Waals surface area contributed by atoms with Crippen molar-refractivity contribution in [2.45, 2.75) is 0 Å². The van der Waals surface area contributed by atoms with Gasteiger partial charge in [0.05, 0.1) is 24.6 Å². The molecular formula is C14H15N5O. The predicted molar refractivity (Wildman–Crippen MR) is 77.2 cm³/mol. The second-order valence-corrected chi connectivity index (χ2v) is 4.49. The highest BCUT2D eigenvalue weighted by atomic mass is 16.5. The van der Waals surface area contributed by atoms with Crippen LogP contribution in [0.4, 0.5) is 5.82 Å². The molecule has 102 valence electrons. The number of aryl methyl sites for hydroxylation is 1. The van der Waals surface area contributed by atoms with Crippen molar-refractivity contribution in [3.05, 3.63) is 36.7 Å². The number of anilines is 1. The van der Waals surface area contributed by atoms with E-state index in [0.717, 1.165) is 28.1 Å². The van der Waals surface area contributed by atoms with Crippen molar-refractivity contribution in [3.8, 4) is 28.1 Å². The van der Waals surface area contributed by atoms with E-state index in [0.29, 0.717) is 5.82 Å². The lowest BCUT2D eigenvalue weighted by molar-refractivity contribution is 0.415. The first kappa shape index (κ1) is 12.3. The number of nitrogens with two attached hydrogens (primary N) is 1. The molecule has 6 nitrogen and oxygen atoms in total. The number of nitrogens with one attached hydrogen (secondary N) is 1. The molecule has 0 aliphatic heterocycles. The van der Waals surface area contributed by atoms with Gasteiger partial charge in [0.15, 0.2) is 5.82 Å². The molecular weight excluding hydrogens is 254 g/mol. The number of aromatic amines is 1. The number of nitrogens with zero attached hydrogens (tertiary/aromatic N) is 3. The van der Waals surface area contributed by atoms with Gasteiger partial charge in [-0.1, -0.05) is 12.1 Å². The summed E-state index contributed by atoms with van der Waals surface area (Å²) < 4.78 is 6.91. The van der Waals surface area contributed by atoms with Crippen molar-refractivity contribution in [3.63, 3.8) is 0 Å². The fourth-order valence-corrected chi connectivity index (χ4v) is 2.17. The third kappa shape index (κ3) is 2.01. The van der Waals surface area contributed by atoms with Crippen LogP contribution in [0.25, 0.3) is 22.4 Å². The summed E-state index contributed by atoms with van der Waals surface area (Å²) in [7, 11) is 3.51. The first-order valence-corrected chi connectivity index (χ1v) is 6.16. The molecule has 3 aromatic rings. The van der Waals surface area contributed by atoms with Crippen LogP contribution < -0.4 is 10.5 Å². The second-order valence-electron chi connectivity index (χ2n) is 4.49. The van der Waals surface area contributed by atoms with E-state index in [9.17, 15) is 0 Å². The van der Waals surface area contributed by atoms with Crippen LogP contribution in [0, 0.1) is 0 Å². The number of rotatable bonds is 3. The largest absolute Gasteiger partial charge is 0.497 e. The van der Waals surface area contributed by atoms with E-state index in [2.05, 4.69) is 15.3 Å². The van der Waals surface area contributed by atoms with Gasteiger partial charge in [-0.3, -0.25) is 9.78 Å². The van der Waals surface area contributed by atoms with Gasteiger partial charge in [0, 0.05) is 18.8 Å². The van der Waals surface area contributed by atoms with Gasteiger partial charge >= 0.3 is 0 Å². The zero-order chi connectivity index (χ0) is 14.1. The summed E-state index contributed by atoms with van der Waals surface area (Å²) >= 11 is 0. The number of hydrogen-bond acceptors (Lipinski definition) is 4. The fourth-order valence-electron chi connectivity index (χ4n) is 2.17. The number of H-pyrrole nitrogens is 1. The van der Waals surface area contributed by atoms with E-state index in [1.54, 1.807) is 18.0 Å². The molecule has 20 heavy (non-hydrogen) atoms. The minimum atomic E-state index is 0.467. The first-order valence-electron chi connectivity index (χ1n) is 6.16. The Bertz CT molecular complexity index is 726. The topological polar surface area (TPSA) is 81.8 Å². The van der Waals surface area contributed by atoms with Gasteiger partial charge in [0.2, 0.25) is 0 Å². The van der Waals surface area contributed by atoms with Crippen LogP contribution in [-0.4, -0.2) is 27.1 Å². The summed E-state index contributed by atoms with van der Waals surface area (Å²) in [5.41, 5.74) is 9.65. The molecule has 2 aromatic heterocycles. The minimum Gasteiger partial charge on any atom is -0.497 e. The van der Waals surface area contributed by atoms with Crippen LogP contribution in [0.1, 0.15) is 0 Å². The van der Waals surface area contributed by atoms with Crippen molar-refractivity contribution in [1.29, 1.82) is 0 Å². The molecule has 1 aromatic carbocycles. The average molecular weight is 269 g/mol. The average Bonchev–Trinajstić information content (AvgIpc) is 3.05. The normalized spacial score (nSPS) is 10.7. The third-order valence-electron chi connectivity index (χ3n) is 3.17.